The fourth-order valence-corrected chi connectivity index (χ4v) is 5.26. The van der Waals surface area contributed by atoms with Crippen molar-refractivity contribution in [3.63, 3.8) is 0 Å². The topological polar surface area (TPSA) is 40.6 Å². The van der Waals surface area contributed by atoms with Crippen LogP contribution in [0, 0.1) is 11.3 Å². The van der Waals surface area contributed by atoms with Crippen LogP contribution in [0.3, 0.4) is 0 Å². The maximum Gasteiger partial charge on any atom is 0.264 e. The Hall–Kier alpha value is -2.14. The summed E-state index contributed by atoms with van der Waals surface area (Å²) in [6.45, 7) is 10.2. The molecular weight excluding hydrogens is 392 g/mol. The third kappa shape index (κ3) is 4.94. The molecule has 0 N–H and O–H groups in total. The Morgan fingerprint density at radius 1 is 1.10 bits per heavy atom. The monoisotopic (exact) mass is 426 g/mol. The minimum atomic E-state index is -0.0114. The molecule has 2 amide bonds. The van der Waals surface area contributed by atoms with Gasteiger partial charge in [0.15, 0.2) is 0 Å². The highest BCUT2D eigenvalue weighted by atomic mass is 32.1. The summed E-state index contributed by atoms with van der Waals surface area (Å²) in [6, 6.07) is 9.71. The molecule has 30 heavy (non-hydrogen) atoms. The normalized spacial score (nSPS) is 16.1. The Labute approximate surface area is 184 Å². The van der Waals surface area contributed by atoms with Gasteiger partial charge < -0.3 is 9.80 Å². The van der Waals surface area contributed by atoms with E-state index in [4.69, 9.17) is 0 Å². The Balaban J connectivity index is 1.71. The van der Waals surface area contributed by atoms with E-state index in [-0.39, 0.29) is 11.8 Å². The van der Waals surface area contributed by atoms with E-state index in [0.29, 0.717) is 30.0 Å². The third-order valence-corrected chi connectivity index (χ3v) is 7.39. The van der Waals surface area contributed by atoms with Crippen LogP contribution in [0.4, 0.5) is 0 Å². The first kappa shape index (κ1) is 22.5. The average molecular weight is 427 g/mol. The van der Waals surface area contributed by atoms with Crippen molar-refractivity contribution in [2.45, 2.75) is 53.5 Å². The Morgan fingerprint density at radius 2 is 1.77 bits per heavy atom. The van der Waals surface area contributed by atoms with Crippen molar-refractivity contribution in [1.82, 2.24) is 9.80 Å². The lowest BCUT2D eigenvalue weighted by atomic mass is 9.72. The van der Waals surface area contributed by atoms with E-state index in [1.807, 2.05) is 36.1 Å². The number of benzene rings is 1. The molecule has 1 aliphatic rings. The van der Waals surface area contributed by atoms with Gasteiger partial charge in [0.05, 0.1) is 4.88 Å². The maximum absolute atomic E-state index is 13.2. The number of nitrogens with zero attached hydrogens (tertiary/aromatic N) is 2. The molecule has 1 aromatic carbocycles. The molecule has 0 saturated heterocycles. The SMILES string of the molecule is CCN(Cc1ccc(C(=O)N(C)C)cc1)C(=O)c1cc2c(s1)CCC(C(C)(C)C)C2. The van der Waals surface area contributed by atoms with Gasteiger partial charge in [-0.1, -0.05) is 32.9 Å². The molecule has 0 radical (unpaired) electrons. The van der Waals surface area contributed by atoms with Crippen LogP contribution in [-0.2, 0) is 19.4 Å². The van der Waals surface area contributed by atoms with Crippen LogP contribution >= 0.6 is 11.3 Å². The number of hydrogen-bond donors (Lipinski definition) is 0. The summed E-state index contributed by atoms with van der Waals surface area (Å²) >= 11 is 1.68. The lowest BCUT2D eigenvalue weighted by Crippen LogP contribution is -2.29. The second kappa shape index (κ2) is 8.93. The molecule has 1 unspecified atom stereocenters. The fourth-order valence-electron chi connectivity index (χ4n) is 4.08. The summed E-state index contributed by atoms with van der Waals surface area (Å²) < 4.78 is 0. The maximum atomic E-state index is 13.2. The van der Waals surface area contributed by atoms with Gasteiger partial charge in [0.2, 0.25) is 0 Å². The van der Waals surface area contributed by atoms with Crippen molar-refractivity contribution < 1.29 is 9.59 Å². The van der Waals surface area contributed by atoms with Crippen molar-refractivity contribution in [1.29, 1.82) is 0 Å². The largest absolute Gasteiger partial charge is 0.345 e. The summed E-state index contributed by atoms with van der Waals surface area (Å²) in [5, 5.41) is 0. The van der Waals surface area contributed by atoms with Gasteiger partial charge in [0, 0.05) is 37.6 Å². The highest BCUT2D eigenvalue weighted by Crippen LogP contribution is 2.40. The third-order valence-electron chi connectivity index (χ3n) is 6.17. The zero-order chi connectivity index (χ0) is 22.1. The molecule has 0 fully saturated rings. The lowest BCUT2D eigenvalue weighted by Gasteiger charge is -2.33. The number of amides is 2. The molecule has 1 atom stereocenters. The molecule has 5 heteroatoms. The quantitative estimate of drug-likeness (QED) is 0.654. The molecule has 3 rings (SSSR count). The number of aryl methyl sites for hydroxylation is 1. The summed E-state index contributed by atoms with van der Waals surface area (Å²) in [5.41, 5.74) is 3.38. The number of rotatable bonds is 5. The minimum absolute atomic E-state index is 0.0114. The molecule has 0 spiro atoms. The van der Waals surface area contributed by atoms with Gasteiger partial charge >= 0.3 is 0 Å². The Kier molecular flexibility index (Phi) is 6.71. The lowest BCUT2D eigenvalue weighted by molar-refractivity contribution is 0.0756. The predicted molar refractivity (Wildman–Crippen MR) is 124 cm³/mol. The molecule has 4 nitrogen and oxygen atoms in total. The number of carbonyl (C=O) groups excluding carboxylic acids is 2. The molecule has 0 aliphatic heterocycles. The molecule has 1 heterocycles. The highest BCUT2D eigenvalue weighted by Gasteiger charge is 2.31. The molecule has 0 bridgehead atoms. The standard InChI is InChI=1S/C25H34N2O2S/c1-7-27(16-17-8-10-18(11-9-17)23(28)26(5)6)24(29)22-15-19-14-20(25(2,3)4)12-13-21(19)30-22/h8-11,15,20H,7,12-14,16H2,1-6H3. The smallest absolute Gasteiger partial charge is 0.264 e. The Morgan fingerprint density at radius 3 is 2.33 bits per heavy atom. The van der Waals surface area contributed by atoms with Crippen molar-refractivity contribution in [2.24, 2.45) is 11.3 Å². The first-order valence-electron chi connectivity index (χ1n) is 10.8. The van der Waals surface area contributed by atoms with Gasteiger partial charge in [0.25, 0.3) is 11.8 Å². The van der Waals surface area contributed by atoms with E-state index in [1.54, 1.807) is 30.3 Å². The summed E-state index contributed by atoms with van der Waals surface area (Å²) in [7, 11) is 3.50. The van der Waals surface area contributed by atoms with Crippen LogP contribution in [0.15, 0.2) is 30.3 Å². The zero-order valence-corrected chi connectivity index (χ0v) is 19.9. The highest BCUT2D eigenvalue weighted by molar-refractivity contribution is 7.14. The predicted octanol–water partition coefficient (Wildman–Crippen LogP) is 5.26. The summed E-state index contributed by atoms with van der Waals surface area (Å²) in [4.78, 5) is 31.0. The Bertz CT molecular complexity index is 906. The van der Waals surface area contributed by atoms with E-state index in [1.165, 1.54) is 16.9 Å². The average Bonchev–Trinajstić information content (AvgIpc) is 3.14. The summed E-state index contributed by atoms with van der Waals surface area (Å²) in [5.74, 6) is 0.772. The van der Waals surface area contributed by atoms with E-state index >= 15 is 0 Å². The zero-order valence-electron chi connectivity index (χ0n) is 19.1. The van der Waals surface area contributed by atoms with Gasteiger partial charge in [-0.15, -0.1) is 11.3 Å². The number of fused-ring (bicyclic) bond motifs is 1. The second-order valence-corrected chi connectivity index (χ2v) is 10.7. The first-order valence-corrected chi connectivity index (χ1v) is 11.6. The van der Waals surface area contributed by atoms with Gasteiger partial charge in [-0.25, -0.2) is 0 Å². The van der Waals surface area contributed by atoms with Crippen LogP contribution in [0.25, 0.3) is 0 Å². The van der Waals surface area contributed by atoms with Crippen LogP contribution in [0.5, 0.6) is 0 Å². The number of carbonyl (C=O) groups is 2. The van der Waals surface area contributed by atoms with E-state index in [0.717, 1.165) is 23.3 Å². The van der Waals surface area contributed by atoms with Crippen molar-refractivity contribution in [2.75, 3.05) is 20.6 Å². The summed E-state index contributed by atoms with van der Waals surface area (Å²) in [6.07, 6.45) is 3.37. The van der Waals surface area contributed by atoms with Crippen LogP contribution in [-0.4, -0.2) is 42.3 Å². The molecule has 162 valence electrons. The van der Waals surface area contributed by atoms with Crippen molar-refractivity contribution in [3.8, 4) is 0 Å². The molecule has 1 aromatic heterocycles. The van der Waals surface area contributed by atoms with Crippen LogP contribution in [0.1, 0.15) is 70.1 Å². The van der Waals surface area contributed by atoms with E-state index < -0.39 is 0 Å². The molecular formula is C25H34N2O2S. The number of hydrogen-bond acceptors (Lipinski definition) is 3. The van der Waals surface area contributed by atoms with Crippen LogP contribution < -0.4 is 0 Å². The molecule has 0 saturated carbocycles. The number of thiophene rings is 1. The van der Waals surface area contributed by atoms with Gasteiger partial charge in [-0.2, -0.15) is 0 Å². The first-order chi connectivity index (χ1) is 14.1. The van der Waals surface area contributed by atoms with E-state index in [2.05, 4.69) is 26.8 Å². The van der Waals surface area contributed by atoms with Crippen LogP contribution in [0.2, 0.25) is 0 Å². The molecule has 1 aliphatic carbocycles. The van der Waals surface area contributed by atoms with Gasteiger partial charge in [-0.3, -0.25) is 9.59 Å². The second-order valence-electron chi connectivity index (χ2n) is 9.58. The van der Waals surface area contributed by atoms with Crippen molar-refractivity contribution >= 4 is 23.2 Å². The fraction of sp³-hybridized carbons (Fsp3) is 0.520. The van der Waals surface area contributed by atoms with Crippen molar-refractivity contribution in [3.05, 3.63) is 56.8 Å². The van der Waals surface area contributed by atoms with Gasteiger partial charge in [-0.05, 0) is 66.8 Å². The molecule has 2 aromatic rings. The van der Waals surface area contributed by atoms with Gasteiger partial charge in [0.1, 0.15) is 0 Å². The minimum Gasteiger partial charge on any atom is -0.345 e. The van der Waals surface area contributed by atoms with E-state index in [9.17, 15) is 9.59 Å².